The van der Waals surface area contributed by atoms with Crippen molar-refractivity contribution in [2.24, 2.45) is 0 Å². The Labute approximate surface area is 82.7 Å². The summed E-state index contributed by atoms with van der Waals surface area (Å²) in [5, 5.41) is 0.161. The van der Waals surface area contributed by atoms with E-state index in [-0.39, 0.29) is 5.02 Å². The Kier molecular flexibility index (Phi) is 2.75. The zero-order chi connectivity index (χ0) is 9.35. The molecule has 0 aliphatic rings. The van der Waals surface area contributed by atoms with Gasteiger partial charge < -0.3 is 0 Å². The summed E-state index contributed by atoms with van der Waals surface area (Å²) in [7, 11) is -4.65. The highest BCUT2D eigenvalue weighted by Gasteiger charge is 2.12. The van der Waals surface area contributed by atoms with Crippen molar-refractivity contribution in [1.82, 2.24) is 0 Å². The molecule has 2 nitrogen and oxygen atoms in total. The van der Waals surface area contributed by atoms with Gasteiger partial charge in [-0.1, -0.05) is 11.6 Å². The van der Waals surface area contributed by atoms with Crippen LogP contribution in [0, 0.1) is 0 Å². The minimum Gasteiger partial charge on any atom is -0.189 e. The molecule has 0 bridgehead atoms. The number of hydrogen-bond acceptors (Lipinski definition) is 2. The largest absolute Gasteiger partial charge is 0.332 e. The van der Waals surface area contributed by atoms with E-state index in [0.29, 0.717) is 4.47 Å². The summed E-state index contributed by atoms with van der Waals surface area (Å²) < 4.78 is 33.6. The van der Waals surface area contributed by atoms with Crippen LogP contribution in [0.25, 0.3) is 0 Å². The fourth-order valence-electron chi connectivity index (χ4n) is 0.629. The molecular weight excluding hydrogens is 270 g/mol. The summed E-state index contributed by atoms with van der Waals surface area (Å²) in [6.45, 7) is 0. The van der Waals surface area contributed by atoms with Gasteiger partial charge in [0.2, 0.25) is 0 Å². The van der Waals surface area contributed by atoms with Crippen LogP contribution in [0.15, 0.2) is 27.6 Å². The van der Waals surface area contributed by atoms with Gasteiger partial charge in [-0.2, -0.15) is 8.42 Å². The Hall–Kier alpha value is -0.130. The zero-order valence-electron chi connectivity index (χ0n) is 5.59. The first-order valence-electron chi connectivity index (χ1n) is 2.81. The summed E-state index contributed by atoms with van der Waals surface area (Å²) in [5.74, 6) is 0. The topological polar surface area (TPSA) is 34.1 Å². The molecule has 0 aromatic heterocycles. The van der Waals surface area contributed by atoms with E-state index in [1.807, 2.05) is 0 Å². The minimum atomic E-state index is -4.65. The molecule has 0 saturated carbocycles. The van der Waals surface area contributed by atoms with Crippen LogP contribution in [0.1, 0.15) is 0 Å². The van der Waals surface area contributed by atoms with Crippen LogP contribution < -0.4 is 0 Å². The third kappa shape index (κ3) is 2.18. The molecule has 6 heteroatoms. The summed E-state index contributed by atoms with van der Waals surface area (Å²) in [6.07, 6.45) is 0. The van der Waals surface area contributed by atoms with Crippen molar-refractivity contribution in [3.63, 3.8) is 0 Å². The van der Waals surface area contributed by atoms with Crippen molar-refractivity contribution in [3.8, 4) is 0 Å². The van der Waals surface area contributed by atoms with Crippen LogP contribution in [0.3, 0.4) is 0 Å². The number of benzene rings is 1. The van der Waals surface area contributed by atoms with E-state index >= 15 is 0 Å². The van der Waals surface area contributed by atoms with Gasteiger partial charge in [-0.25, -0.2) is 0 Å². The number of hydrogen-bond donors (Lipinski definition) is 0. The molecule has 0 amide bonds. The average Bonchev–Trinajstić information content (AvgIpc) is 1.92. The van der Waals surface area contributed by atoms with Crippen molar-refractivity contribution in [2.75, 3.05) is 0 Å². The number of halogens is 3. The van der Waals surface area contributed by atoms with Gasteiger partial charge in [-0.05, 0) is 34.1 Å². The van der Waals surface area contributed by atoms with Gasteiger partial charge >= 0.3 is 10.2 Å². The molecule has 0 saturated heterocycles. The van der Waals surface area contributed by atoms with Crippen molar-refractivity contribution < 1.29 is 12.3 Å². The maximum Gasteiger partial charge on any atom is 0.332 e. The highest BCUT2D eigenvalue weighted by molar-refractivity contribution is 9.10. The molecule has 0 aliphatic heterocycles. The summed E-state index contributed by atoms with van der Waals surface area (Å²) >= 11 is 8.59. The Balaban J connectivity index is 3.33. The lowest BCUT2D eigenvalue weighted by Crippen LogP contribution is -1.90. The van der Waals surface area contributed by atoms with Crippen molar-refractivity contribution in [1.29, 1.82) is 0 Å². The van der Waals surface area contributed by atoms with E-state index in [9.17, 15) is 12.3 Å². The molecule has 0 heterocycles. The van der Waals surface area contributed by atoms with Crippen LogP contribution in [0.4, 0.5) is 3.89 Å². The van der Waals surface area contributed by atoms with Gasteiger partial charge in [-0.3, -0.25) is 0 Å². The first kappa shape index (κ1) is 9.95. The van der Waals surface area contributed by atoms with Gasteiger partial charge in [-0.15, -0.1) is 3.89 Å². The van der Waals surface area contributed by atoms with E-state index in [2.05, 4.69) is 15.9 Å². The number of rotatable bonds is 1. The molecule has 1 rings (SSSR count). The zero-order valence-corrected chi connectivity index (χ0v) is 8.75. The van der Waals surface area contributed by atoms with E-state index in [4.69, 9.17) is 11.6 Å². The monoisotopic (exact) mass is 272 g/mol. The van der Waals surface area contributed by atoms with Gasteiger partial charge in [0.15, 0.2) is 0 Å². The van der Waals surface area contributed by atoms with Gasteiger partial charge in [0.25, 0.3) is 0 Å². The van der Waals surface area contributed by atoms with Crippen LogP contribution in [-0.4, -0.2) is 8.42 Å². The highest BCUT2D eigenvalue weighted by atomic mass is 79.9. The predicted octanol–water partition coefficient (Wildman–Crippen LogP) is 2.76. The molecule has 0 aliphatic carbocycles. The SMILES string of the molecule is O=S(=O)(F)c1ccc(Br)c(Cl)c1. The van der Waals surface area contributed by atoms with Crippen LogP contribution in [0.5, 0.6) is 0 Å². The van der Waals surface area contributed by atoms with Crippen molar-refractivity contribution in [2.45, 2.75) is 4.90 Å². The summed E-state index contributed by atoms with van der Waals surface area (Å²) in [5.41, 5.74) is 0. The normalized spacial score (nSPS) is 11.6. The van der Waals surface area contributed by atoms with E-state index < -0.39 is 15.1 Å². The highest BCUT2D eigenvalue weighted by Crippen LogP contribution is 2.25. The maximum atomic E-state index is 12.3. The van der Waals surface area contributed by atoms with Crippen molar-refractivity contribution >= 4 is 37.8 Å². The molecule has 0 unspecified atom stereocenters. The summed E-state index contributed by atoms with van der Waals surface area (Å²) in [4.78, 5) is -0.435. The lowest BCUT2D eigenvalue weighted by Gasteiger charge is -1.97. The second-order valence-electron chi connectivity index (χ2n) is 2.01. The Morgan fingerprint density at radius 2 is 2.00 bits per heavy atom. The molecule has 0 fully saturated rings. The second kappa shape index (κ2) is 3.32. The molecule has 66 valence electrons. The lowest BCUT2D eigenvalue weighted by molar-refractivity contribution is 0.552. The lowest BCUT2D eigenvalue weighted by atomic mass is 10.4. The van der Waals surface area contributed by atoms with E-state index in [1.165, 1.54) is 6.07 Å². The van der Waals surface area contributed by atoms with Gasteiger partial charge in [0, 0.05) is 4.47 Å². The quantitative estimate of drug-likeness (QED) is 0.737. The summed E-state index contributed by atoms with van der Waals surface area (Å²) in [6, 6.07) is 3.54. The molecule has 12 heavy (non-hydrogen) atoms. The van der Waals surface area contributed by atoms with Gasteiger partial charge in [0.1, 0.15) is 4.90 Å². The first-order valence-corrected chi connectivity index (χ1v) is 5.36. The van der Waals surface area contributed by atoms with E-state index in [1.54, 1.807) is 0 Å². The molecular formula is C6H3BrClFO2S. The Morgan fingerprint density at radius 1 is 1.42 bits per heavy atom. The maximum absolute atomic E-state index is 12.3. The Morgan fingerprint density at radius 3 is 2.42 bits per heavy atom. The molecule has 0 spiro atoms. The van der Waals surface area contributed by atoms with Crippen LogP contribution in [-0.2, 0) is 10.2 Å². The fraction of sp³-hybridized carbons (Fsp3) is 0. The van der Waals surface area contributed by atoms with Crippen LogP contribution in [0.2, 0.25) is 5.02 Å². The fourth-order valence-corrected chi connectivity index (χ4v) is 1.61. The van der Waals surface area contributed by atoms with Crippen molar-refractivity contribution in [3.05, 3.63) is 27.7 Å². The van der Waals surface area contributed by atoms with Gasteiger partial charge in [0.05, 0.1) is 5.02 Å². The average molecular weight is 274 g/mol. The minimum absolute atomic E-state index is 0.161. The molecule has 0 radical (unpaired) electrons. The predicted molar refractivity (Wildman–Crippen MR) is 47.4 cm³/mol. The third-order valence-corrected chi connectivity index (χ3v) is 3.22. The molecule has 0 atom stereocenters. The third-order valence-electron chi connectivity index (χ3n) is 1.17. The van der Waals surface area contributed by atoms with E-state index in [0.717, 1.165) is 12.1 Å². The first-order chi connectivity index (χ1) is 5.41. The smallest absolute Gasteiger partial charge is 0.189 e. The molecule has 1 aromatic carbocycles. The standard InChI is InChI=1S/C6H3BrClFO2S/c7-5-2-1-4(3-6(5)8)12(9,10)11/h1-3H. The Bertz CT molecular complexity index is 404. The molecule has 1 aromatic rings. The van der Waals surface area contributed by atoms with Crippen LogP contribution >= 0.6 is 27.5 Å². The molecule has 0 N–H and O–H groups in total. The second-order valence-corrected chi connectivity index (χ2v) is 4.62.